The first-order valence-electron chi connectivity index (χ1n) is 4.89. The Bertz CT molecular complexity index is 699. The summed E-state index contributed by atoms with van der Waals surface area (Å²) >= 11 is 0. The summed E-state index contributed by atoms with van der Waals surface area (Å²) in [6.45, 7) is 0. The summed E-state index contributed by atoms with van der Waals surface area (Å²) in [5.41, 5.74) is 12.1. The van der Waals surface area contributed by atoms with Crippen LogP contribution in [-0.2, 0) is 10.0 Å². The fourth-order valence-electron chi connectivity index (χ4n) is 1.52. The molecule has 18 heavy (non-hydrogen) atoms. The predicted molar refractivity (Wildman–Crippen MR) is 67.7 cm³/mol. The molecule has 0 saturated heterocycles. The van der Waals surface area contributed by atoms with Crippen molar-refractivity contribution in [3.8, 4) is 11.3 Å². The average molecular weight is 265 g/mol. The van der Waals surface area contributed by atoms with Crippen molar-refractivity contribution in [1.82, 2.24) is 9.97 Å². The Morgan fingerprint density at radius 1 is 1.11 bits per heavy atom. The van der Waals surface area contributed by atoms with Crippen LogP contribution in [0.4, 0.5) is 11.6 Å². The molecule has 0 aliphatic rings. The number of aromatic nitrogens is 2. The minimum absolute atomic E-state index is 0.0373. The van der Waals surface area contributed by atoms with Crippen molar-refractivity contribution in [1.29, 1.82) is 0 Å². The van der Waals surface area contributed by atoms with E-state index in [-0.39, 0.29) is 10.8 Å². The first-order chi connectivity index (χ1) is 8.38. The van der Waals surface area contributed by atoms with Crippen molar-refractivity contribution in [2.75, 3.05) is 11.5 Å². The molecule has 2 rings (SSSR count). The van der Waals surface area contributed by atoms with Crippen molar-refractivity contribution in [3.63, 3.8) is 0 Å². The molecule has 1 aromatic carbocycles. The van der Waals surface area contributed by atoms with E-state index in [2.05, 4.69) is 9.97 Å². The first kappa shape index (κ1) is 12.3. The molecule has 0 radical (unpaired) electrons. The maximum Gasteiger partial charge on any atom is 0.238 e. The van der Waals surface area contributed by atoms with E-state index in [0.717, 1.165) is 0 Å². The molecule has 0 unspecified atom stereocenters. The van der Waals surface area contributed by atoms with Crippen molar-refractivity contribution in [3.05, 3.63) is 30.5 Å². The van der Waals surface area contributed by atoms with Gasteiger partial charge in [0, 0.05) is 17.4 Å². The number of nitrogen functional groups attached to an aromatic ring is 2. The fourth-order valence-corrected chi connectivity index (χ4v) is 2.25. The molecule has 0 aliphatic heterocycles. The number of primary sulfonamides is 1. The van der Waals surface area contributed by atoms with E-state index < -0.39 is 10.0 Å². The summed E-state index contributed by atoms with van der Waals surface area (Å²) in [5.74, 6) is 0.0373. The molecular weight excluding hydrogens is 254 g/mol. The van der Waals surface area contributed by atoms with E-state index in [0.29, 0.717) is 16.9 Å². The zero-order chi connectivity index (χ0) is 13.3. The van der Waals surface area contributed by atoms with Gasteiger partial charge in [0.15, 0.2) is 0 Å². The maximum absolute atomic E-state index is 11.5. The molecular formula is C10H11N5O2S. The second kappa shape index (κ2) is 4.24. The van der Waals surface area contributed by atoms with E-state index >= 15 is 0 Å². The molecule has 94 valence electrons. The summed E-state index contributed by atoms with van der Waals surface area (Å²) in [6.07, 6.45) is 1.42. The van der Waals surface area contributed by atoms with Gasteiger partial charge < -0.3 is 11.5 Å². The van der Waals surface area contributed by atoms with Gasteiger partial charge in [-0.05, 0) is 24.3 Å². The van der Waals surface area contributed by atoms with E-state index in [9.17, 15) is 8.42 Å². The Morgan fingerprint density at radius 3 is 2.44 bits per heavy atom. The number of benzene rings is 1. The summed E-state index contributed by atoms with van der Waals surface area (Å²) in [7, 11) is -3.87. The highest BCUT2D eigenvalue weighted by Crippen LogP contribution is 2.27. The van der Waals surface area contributed by atoms with Gasteiger partial charge in [-0.2, -0.15) is 0 Å². The van der Waals surface area contributed by atoms with Gasteiger partial charge in [-0.1, -0.05) is 0 Å². The highest BCUT2D eigenvalue weighted by atomic mass is 32.2. The third kappa shape index (κ3) is 2.39. The summed E-state index contributed by atoms with van der Waals surface area (Å²) in [4.78, 5) is 7.62. The number of nitrogens with zero attached hydrogens (tertiary/aromatic N) is 2. The molecule has 0 saturated carbocycles. The second-order valence-electron chi connectivity index (χ2n) is 3.60. The van der Waals surface area contributed by atoms with Gasteiger partial charge in [0.25, 0.3) is 0 Å². The molecule has 0 fully saturated rings. The maximum atomic E-state index is 11.5. The van der Waals surface area contributed by atoms with Crippen LogP contribution in [0.2, 0.25) is 0 Å². The fraction of sp³-hybridized carbons (Fsp3) is 0. The van der Waals surface area contributed by atoms with Crippen LogP contribution >= 0.6 is 0 Å². The Labute approximate surface area is 104 Å². The number of hydrogen-bond acceptors (Lipinski definition) is 6. The quantitative estimate of drug-likeness (QED) is 0.651. The highest BCUT2D eigenvalue weighted by molar-refractivity contribution is 7.89. The molecule has 2 aromatic rings. The van der Waals surface area contributed by atoms with Crippen LogP contribution in [0.5, 0.6) is 0 Å². The van der Waals surface area contributed by atoms with Crippen molar-refractivity contribution >= 4 is 21.7 Å². The second-order valence-corrected chi connectivity index (χ2v) is 5.13. The lowest BCUT2D eigenvalue weighted by atomic mass is 10.1. The lowest BCUT2D eigenvalue weighted by Crippen LogP contribution is -2.14. The third-order valence-electron chi connectivity index (χ3n) is 2.26. The van der Waals surface area contributed by atoms with Crippen LogP contribution in [0.15, 0.2) is 35.4 Å². The monoisotopic (exact) mass is 265 g/mol. The molecule has 0 aliphatic carbocycles. The zero-order valence-corrected chi connectivity index (χ0v) is 10.1. The van der Waals surface area contributed by atoms with Gasteiger partial charge in [0.2, 0.25) is 16.0 Å². The number of rotatable bonds is 2. The van der Waals surface area contributed by atoms with Crippen molar-refractivity contribution in [2.24, 2.45) is 5.14 Å². The van der Waals surface area contributed by atoms with Crippen molar-refractivity contribution in [2.45, 2.75) is 4.90 Å². The normalized spacial score (nSPS) is 11.4. The van der Waals surface area contributed by atoms with Crippen LogP contribution in [0.1, 0.15) is 0 Å². The van der Waals surface area contributed by atoms with E-state index in [1.807, 2.05) is 0 Å². The Balaban J connectivity index is 2.74. The number of anilines is 2. The minimum atomic E-state index is -3.87. The summed E-state index contributed by atoms with van der Waals surface area (Å²) < 4.78 is 23.0. The molecule has 6 N–H and O–H groups in total. The lowest BCUT2D eigenvalue weighted by molar-refractivity contribution is 0.598. The van der Waals surface area contributed by atoms with Crippen LogP contribution in [0.3, 0.4) is 0 Å². The van der Waals surface area contributed by atoms with Gasteiger partial charge in [-0.25, -0.2) is 23.5 Å². The number of nitrogens with two attached hydrogens (primary N) is 3. The first-order valence-corrected chi connectivity index (χ1v) is 6.44. The van der Waals surface area contributed by atoms with Gasteiger partial charge in [0.1, 0.15) is 0 Å². The van der Waals surface area contributed by atoms with Crippen LogP contribution in [0, 0.1) is 0 Å². The molecule has 0 bridgehead atoms. The van der Waals surface area contributed by atoms with E-state index in [1.54, 1.807) is 0 Å². The Morgan fingerprint density at radius 2 is 1.83 bits per heavy atom. The third-order valence-corrected chi connectivity index (χ3v) is 3.23. The Hall–Kier alpha value is -2.19. The molecule has 1 heterocycles. The Kier molecular flexibility index (Phi) is 2.89. The molecule has 1 aromatic heterocycles. The zero-order valence-electron chi connectivity index (χ0n) is 9.24. The van der Waals surface area contributed by atoms with Gasteiger partial charge in [-0.3, -0.25) is 0 Å². The predicted octanol–water partition coefficient (Wildman–Crippen LogP) is -0.0446. The van der Waals surface area contributed by atoms with E-state index in [4.69, 9.17) is 16.6 Å². The standard InChI is InChI=1S/C10H11N5O2S/c11-6-1-2-9(18(13,16)17)7(5-6)8-3-4-14-10(12)15-8/h1-5H,11H2,(H2,12,14,15)(H2,13,16,17). The number of hydrogen-bond donors (Lipinski definition) is 3. The molecule has 8 heteroatoms. The molecule has 0 atom stereocenters. The van der Waals surface area contributed by atoms with Crippen molar-refractivity contribution < 1.29 is 8.42 Å². The summed E-state index contributed by atoms with van der Waals surface area (Å²) in [5, 5.41) is 5.14. The molecule has 7 nitrogen and oxygen atoms in total. The SMILES string of the molecule is Nc1ccc(S(N)(=O)=O)c(-c2ccnc(N)n2)c1. The van der Waals surface area contributed by atoms with Gasteiger partial charge in [-0.15, -0.1) is 0 Å². The van der Waals surface area contributed by atoms with Gasteiger partial charge in [0.05, 0.1) is 10.6 Å². The van der Waals surface area contributed by atoms with Crippen LogP contribution in [-0.4, -0.2) is 18.4 Å². The van der Waals surface area contributed by atoms with Crippen LogP contribution in [0.25, 0.3) is 11.3 Å². The molecule has 0 amide bonds. The van der Waals surface area contributed by atoms with E-state index in [1.165, 1.54) is 30.5 Å². The lowest BCUT2D eigenvalue weighted by Gasteiger charge is -2.08. The van der Waals surface area contributed by atoms with Crippen LogP contribution < -0.4 is 16.6 Å². The topological polar surface area (TPSA) is 138 Å². The average Bonchev–Trinajstić information content (AvgIpc) is 2.27. The largest absolute Gasteiger partial charge is 0.399 e. The number of sulfonamides is 1. The molecule has 0 spiro atoms. The summed E-state index contributed by atoms with van der Waals surface area (Å²) in [6, 6.07) is 5.79. The highest BCUT2D eigenvalue weighted by Gasteiger charge is 2.16. The van der Waals surface area contributed by atoms with Gasteiger partial charge >= 0.3 is 0 Å². The minimum Gasteiger partial charge on any atom is -0.399 e. The smallest absolute Gasteiger partial charge is 0.238 e.